The lowest BCUT2D eigenvalue weighted by molar-refractivity contribution is 0.347. The van der Waals surface area contributed by atoms with E-state index >= 15 is 0 Å². The predicted octanol–water partition coefficient (Wildman–Crippen LogP) is 7.03. The van der Waals surface area contributed by atoms with E-state index in [9.17, 15) is 4.79 Å². The second kappa shape index (κ2) is 11.4. The second-order valence-electron chi connectivity index (χ2n) is 11.3. The summed E-state index contributed by atoms with van der Waals surface area (Å²) in [7, 11) is 0. The van der Waals surface area contributed by atoms with Crippen LogP contribution in [0.25, 0.3) is 5.70 Å². The van der Waals surface area contributed by atoms with Crippen molar-refractivity contribution >= 4 is 5.70 Å². The van der Waals surface area contributed by atoms with Crippen molar-refractivity contribution in [3.05, 3.63) is 140 Å². The maximum atomic E-state index is 13.1. The number of aromatic nitrogens is 2. The zero-order chi connectivity index (χ0) is 27.4. The lowest BCUT2D eigenvalue weighted by Gasteiger charge is -2.31. The second-order valence-corrected chi connectivity index (χ2v) is 11.3. The summed E-state index contributed by atoms with van der Waals surface area (Å²) < 4.78 is 1.99. The number of nitrogens with one attached hydrogen (secondary N) is 1. The van der Waals surface area contributed by atoms with E-state index < -0.39 is 0 Å². The minimum Gasteiger partial charge on any atom is -0.380 e. The summed E-state index contributed by atoms with van der Waals surface area (Å²) in [6.07, 6.45) is 7.50. The van der Waals surface area contributed by atoms with Gasteiger partial charge < -0.3 is 5.32 Å². The van der Waals surface area contributed by atoms with Gasteiger partial charge in [-0.25, -0.2) is 0 Å². The van der Waals surface area contributed by atoms with E-state index in [0.29, 0.717) is 23.5 Å². The van der Waals surface area contributed by atoms with Crippen molar-refractivity contribution in [2.75, 3.05) is 0 Å². The molecule has 0 atom stereocenters. The van der Waals surface area contributed by atoms with Gasteiger partial charge in [-0.3, -0.25) is 9.48 Å². The highest BCUT2D eigenvalue weighted by atomic mass is 16.1. The Labute approximate surface area is 232 Å². The van der Waals surface area contributed by atoms with Crippen LogP contribution in [-0.2, 0) is 24.9 Å². The van der Waals surface area contributed by atoms with Gasteiger partial charge >= 0.3 is 0 Å². The first-order chi connectivity index (χ1) is 18.8. The molecule has 5 rings (SSSR count). The normalized spacial score (nSPS) is 14.3. The highest BCUT2D eigenvalue weighted by Gasteiger charge is 2.36. The maximum Gasteiger partial charge on any atom is 0.212 e. The maximum absolute atomic E-state index is 13.1. The summed E-state index contributed by atoms with van der Waals surface area (Å²) in [4.78, 5) is 13.1. The van der Waals surface area contributed by atoms with Crippen LogP contribution in [0.2, 0.25) is 0 Å². The number of aryl methyl sites for hydroxylation is 3. The average molecular weight is 518 g/mol. The highest BCUT2D eigenvalue weighted by molar-refractivity contribution is 5.58. The molecule has 1 heterocycles. The smallest absolute Gasteiger partial charge is 0.212 e. The molecule has 1 aliphatic rings. The Balaban J connectivity index is 1.39. The van der Waals surface area contributed by atoms with Gasteiger partial charge in [0.05, 0.1) is 12.2 Å². The van der Waals surface area contributed by atoms with Gasteiger partial charge in [0, 0.05) is 23.7 Å². The molecule has 3 aromatic carbocycles. The van der Waals surface area contributed by atoms with Crippen molar-refractivity contribution in [3.8, 4) is 0 Å². The molecule has 4 heteroatoms. The number of hydrogen-bond donors (Lipinski definition) is 1. The molecule has 0 amide bonds. The minimum atomic E-state index is -0.0610. The fourth-order valence-corrected chi connectivity index (χ4v) is 5.90. The van der Waals surface area contributed by atoms with Crippen molar-refractivity contribution < 1.29 is 0 Å². The third-order valence-electron chi connectivity index (χ3n) is 8.32. The van der Waals surface area contributed by atoms with E-state index in [-0.39, 0.29) is 10.8 Å². The minimum absolute atomic E-state index is 0.00661. The standard InChI is InChI=1S/C35H39N3O/c1-25-15-16-31(19-26(25)2)22-36-28(4)33-34(39)27(3)23-38(37-33)24-35(17-8-9-18-35)32-14-10-13-30(21-32)20-29-11-6-5-7-12-29/h5-7,10-16,19,21,23,36H,4,8-9,17-18,20,22,24H2,1-3H3. The summed E-state index contributed by atoms with van der Waals surface area (Å²) in [6, 6.07) is 26.1. The summed E-state index contributed by atoms with van der Waals surface area (Å²) >= 11 is 0. The van der Waals surface area contributed by atoms with E-state index in [1.807, 2.05) is 17.8 Å². The van der Waals surface area contributed by atoms with Gasteiger partial charge in [0.15, 0.2) is 5.69 Å². The number of hydrogen-bond acceptors (Lipinski definition) is 3. The first kappa shape index (κ1) is 26.7. The lowest BCUT2D eigenvalue weighted by atomic mass is 9.78. The molecular formula is C35H39N3O. The largest absolute Gasteiger partial charge is 0.380 e. The molecule has 0 unspecified atom stereocenters. The fourth-order valence-electron chi connectivity index (χ4n) is 5.90. The molecular weight excluding hydrogens is 478 g/mol. The van der Waals surface area contributed by atoms with Crippen LogP contribution in [0.15, 0.2) is 90.4 Å². The molecule has 4 nitrogen and oxygen atoms in total. The molecule has 200 valence electrons. The Bertz CT molecular complexity index is 1530. The zero-order valence-corrected chi connectivity index (χ0v) is 23.5. The van der Waals surface area contributed by atoms with E-state index in [4.69, 9.17) is 5.10 Å². The van der Waals surface area contributed by atoms with Crippen LogP contribution in [0.1, 0.15) is 70.3 Å². The van der Waals surface area contributed by atoms with Gasteiger partial charge in [-0.2, -0.15) is 5.10 Å². The predicted molar refractivity (Wildman–Crippen MR) is 161 cm³/mol. The first-order valence-corrected chi connectivity index (χ1v) is 14.0. The van der Waals surface area contributed by atoms with Crippen molar-refractivity contribution in [3.63, 3.8) is 0 Å². The summed E-state index contributed by atoms with van der Waals surface area (Å²) in [5.41, 5.74) is 9.33. The summed E-state index contributed by atoms with van der Waals surface area (Å²) in [6.45, 7) is 11.7. The molecule has 39 heavy (non-hydrogen) atoms. The summed E-state index contributed by atoms with van der Waals surface area (Å²) in [5, 5.41) is 8.20. The molecule has 1 aromatic heterocycles. The van der Waals surface area contributed by atoms with Crippen LogP contribution < -0.4 is 10.7 Å². The topological polar surface area (TPSA) is 46.9 Å². The van der Waals surface area contributed by atoms with Gasteiger partial charge in [0.25, 0.3) is 0 Å². The monoisotopic (exact) mass is 517 g/mol. The Hall–Kier alpha value is -3.92. The summed E-state index contributed by atoms with van der Waals surface area (Å²) in [5.74, 6) is 0. The molecule has 4 aromatic rings. The van der Waals surface area contributed by atoms with Crippen LogP contribution >= 0.6 is 0 Å². The van der Waals surface area contributed by atoms with Crippen LogP contribution in [0, 0.1) is 20.8 Å². The molecule has 0 radical (unpaired) electrons. The molecule has 0 saturated heterocycles. The molecule has 0 bridgehead atoms. The van der Waals surface area contributed by atoms with Gasteiger partial charge in [-0.15, -0.1) is 0 Å². The molecule has 0 aliphatic heterocycles. The first-order valence-electron chi connectivity index (χ1n) is 14.0. The van der Waals surface area contributed by atoms with Crippen molar-refractivity contribution in [2.24, 2.45) is 0 Å². The van der Waals surface area contributed by atoms with Crippen molar-refractivity contribution in [1.82, 2.24) is 15.1 Å². The quantitative estimate of drug-likeness (QED) is 0.259. The lowest BCUT2D eigenvalue weighted by Crippen LogP contribution is -2.32. The van der Waals surface area contributed by atoms with Crippen LogP contribution in [0.5, 0.6) is 0 Å². The number of nitrogens with zero attached hydrogens (tertiary/aromatic N) is 2. The molecule has 0 spiro atoms. The highest BCUT2D eigenvalue weighted by Crippen LogP contribution is 2.42. The third kappa shape index (κ3) is 6.06. The Morgan fingerprint density at radius 3 is 2.36 bits per heavy atom. The molecule has 1 aliphatic carbocycles. The molecule has 1 N–H and O–H groups in total. The van der Waals surface area contributed by atoms with Crippen molar-refractivity contribution in [2.45, 2.75) is 71.4 Å². The Morgan fingerprint density at radius 1 is 0.872 bits per heavy atom. The van der Waals surface area contributed by atoms with Crippen LogP contribution in [-0.4, -0.2) is 9.78 Å². The Kier molecular flexibility index (Phi) is 7.83. The Morgan fingerprint density at radius 2 is 1.62 bits per heavy atom. The number of benzene rings is 3. The van der Waals surface area contributed by atoms with Crippen molar-refractivity contribution in [1.29, 1.82) is 0 Å². The average Bonchev–Trinajstić information content (AvgIpc) is 3.41. The van der Waals surface area contributed by atoms with Gasteiger partial charge in [0.2, 0.25) is 5.43 Å². The van der Waals surface area contributed by atoms with Gasteiger partial charge in [-0.1, -0.05) is 92.2 Å². The van der Waals surface area contributed by atoms with Gasteiger partial charge in [0.1, 0.15) is 0 Å². The van der Waals surface area contributed by atoms with Gasteiger partial charge in [-0.05, 0) is 73.4 Å². The van der Waals surface area contributed by atoms with E-state index in [1.165, 1.54) is 40.7 Å². The molecule has 1 saturated carbocycles. The zero-order valence-electron chi connectivity index (χ0n) is 23.5. The van der Waals surface area contributed by atoms with Crippen LogP contribution in [0.3, 0.4) is 0 Å². The fraction of sp³-hybridized carbons (Fsp3) is 0.314. The molecule has 1 fully saturated rings. The van der Waals surface area contributed by atoms with Crippen LogP contribution in [0.4, 0.5) is 0 Å². The SMILES string of the molecule is C=C(NCc1ccc(C)c(C)c1)c1nn(CC2(c3cccc(Cc4ccccc4)c3)CCCC2)cc(C)c1=O. The number of rotatable bonds is 9. The van der Waals surface area contributed by atoms with E-state index in [2.05, 4.69) is 98.5 Å². The van der Waals surface area contributed by atoms with E-state index in [0.717, 1.165) is 31.4 Å². The van der Waals surface area contributed by atoms with E-state index in [1.54, 1.807) is 0 Å². The third-order valence-corrected chi connectivity index (χ3v) is 8.32.